The number of amides is 2. The Balaban J connectivity index is 1.53. The van der Waals surface area contributed by atoms with Crippen molar-refractivity contribution in [3.63, 3.8) is 0 Å². The van der Waals surface area contributed by atoms with Gasteiger partial charge in [-0.05, 0) is 36.6 Å². The van der Waals surface area contributed by atoms with Gasteiger partial charge in [-0.1, -0.05) is 42.5 Å². The number of aliphatic hydroxyl groups excluding tert-OH is 1. The minimum atomic E-state index is -0.399. The number of carbonyl (C=O) groups is 2. The normalized spacial score (nSPS) is 11.9. The number of carbonyl (C=O) groups excluding carboxylic acids is 2. The van der Waals surface area contributed by atoms with Gasteiger partial charge < -0.3 is 20.7 Å². The van der Waals surface area contributed by atoms with E-state index in [0.29, 0.717) is 12.1 Å². The van der Waals surface area contributed by atoms with Crippen molar-refractivity contribution in [3.05, 3.63) is 71.4 Å². The van der Waals surface area contributed by atoms with Crippen LogP contribution in [0.15, 0.2) is 54.6 Å². The summed E-state index contributed by atoms with van der Waals surface area (Å²) < 4.78 is 0. The summed E-state index contributed by atoms with van der Waals surface area (Å²) in [5.41, 5.74) is 3.45. The van der Waals surface area contributed by atoms with Crippen LogP contribution >= 0.6 is 0 Å². The fourth-order valence-electron chi connectivity index (χ4n) is 3.00. The van der Waals surface area contributed by atoms with Crippen molar-refractivity contribution in [3.8, 4) is 0 Å². The van der Waals surface area contributed by atoms with E-state index in [0.717, 1.165) is 22.0 Å². The summed E-state index contributed by atoms with van der Waals surface area (Å²) in [5, 5.41) is 15.9. The van der Waals surface area contributed by atoms with Gasteiger partial charge in [0.1, 0.15) is 5.69 Å². The number of H-pyrrole nitrogens is 1. The minimum absolute atomic E-state index is 0.154. The third-order valence-electron chi connectivity index (χ3n) is 4.50. The second kappa shape index (κ2) is 8.51. The fourth-order valence-corrected chi connectivity index (χ4v) is 3.00. The predicted octanol–water partition coefficient (Wildman–Crippen LogP) is 1.93. The van der Waals surface area contributed by atoms with Crippen LogP contribution in [0.5, 0.6) is 0 Å². The molecule has 0 bridgehead atoms. The van der Waals surface area contributed by atoms with Gasteiger partial charge in [0.15, 0.2) is 0 Å². The Morgan fingerprint density at radius 2 is 1.85 bits per heavy atom. The molecule has 6 heteroatoms. The summed E-state index contributed by atoms with van der Waals surface area (Å²) in [6.45, 7) is 1.67. The molecule has 1 atom stereocenters. The molecule has 0 radical (unpaired) electrons. The van der Waals surface area contributed by atoms with Crippen molar-refractivity contribution in [1.29, 1.82) is 0 Å². The Morgan fingerprint density at radius 1 is 1.11 bits per heavy atom. The van der Waals surface area contributed by atoms with Crippen LogP contribution in [-0.4, -0.2) is 41.1 Å². The fraction of sp³-hybridized carbons (Fsp3) is 0.238. The molecule has 0 spiro atoms. The van der Waals surface area contributed by atoms with Crippen molar-refractivity contribution in [2.75, 3.05) is 13.2 Å². The van der Waals surface area contributed by atoms with E-state index in [2.05, 4.69) is 15.6 Å². The van der Waals surface area contributed by atoms with Crippen LogP contribution in [0.25, 0.3) is 10.9 Å². The van der Waals surface area contributed by atoms with Gasteiger partial charge in [-0.2, -0.15) is 0 Å². The first-order valence-electron chi connectivity index (χ1n) is 8.87. The number of fused-ring (bicyclic) bond motifs is 1. The summed E-state index contributed by atoms with van der Waals surface area (Å²) in [5.74, 6) is -0.687. The Labute approximate surface area is 157 Å². The summed E-state index contributed by atoms with van der Waals surface area (Å²) in [6, 6.07) is 16.8. The van der Waals surface area contributed by atoms with Crippen LogP contribution in [0.1, 0.15) is 21.6 Å². The van der Waals surface area contributed by atoms with Crippen molar-refractivity contribution in [1.82, 2.24) is 15.6 Å². The number of aromatic amines is 1. The van der Waals surface area contributed by atoms with E-state index in [1.807, 2.05) is 55.5 Å². The van der Waals surface area contributed by atoms with Gasteiger partial charge in [-0.15, -0.1) is 0 Å². The molecule has 3 rings (SSSR count). The molecule has 2 aromatic carbocycles. The lowest BCUT2D eigenvalue weighted by Crippen LogP contribution is -2.44. The second-order valence-electron chi connectivity index (χ2n) is 6.53. The molecule has 6 nitrogen and oxygen atoms in total. The molecular formula is C21H23N3O3. The molecule has 0 aliphatic rings. The quantitative estimate of drug-likeness (QED) is 0.515. The maximum atomic E-state index is 12.2. The lowest BCUT2D eigenvalue weighted by atomic mass is 10.0. The van der Waals surface area contributed by atoms with Crippen LogP contribution in [0.2, 0.25) is 0 Å². The van der Waals surface area contributed by atoms with Gasteiger partial charge in [0.25, 0.3) is 5.91 Å². The van der Waals surface area contributed by atoms with Crippen LogP contribution in [0, 0.1) is 6.92 Å². The zero-order valence-electron chi connectivity index (χ0n) is 15.2. The number of nitrogens with one attached hydrogen (secondary N) is 3. The number of aliphatic hydroxyl groups is 1. The highest BCUT2D eigenvalue weighted by Crippen LogP contribution is 2.14. The number of rotatable bonds is 7. The van der Waals surface area contributed by atoms with Crippen LogP contribution < -0.4 is 10.6 Å². The van der Waals surface area contributed by atoms with Gasteiger partial charge in [0.2, 0.25) is 5.91 Å². The van der Waals surface area contributed by atoms with E-state index in [4.69, 9.17) is 0 Å². The molecule has 0 aliphatic carbocycles. The number of aromatic nitrogens is 1. The standard InChI is InChI=1S/C21H23N3O3/c1-14-6-2-3-7-15(14)10-17(13-25)23-20(26)12-22-21(27)19-11-16-8-4-5-9-18(16)24-19/h2-9,11,17,24-25H,10,12-13H2,1H3,(H,22,27)(H,23,26). The van der Waals surface area contributed by atoms with Crippen LogP contribution in [-0.2, 0) is 11.2 Å². The van der Waals surface area contributed by atoms with Crippen molar-refractivity contribution >= 4 is 22.7 Å². The summed E-state index contributed by atoms with van der Waals surface area (Å²) in [7, 11) is 0. The molecule has 2 amide bonds. The minimum Gasteiger partial charge on any atom is -0.394 e. The average molecular weight is 365 g/mol. The van der Waals surface area contributed by atoms with E-state index >= 15 is 0 Å². The Morgan fingerprint density at radius 3 is 2.59 bits per heavy atom. The first-order valence-corrected chi connectivity index (χ1v) is 8.87. The molecule has 27 heavy (non-hydrogen) atoms. The van der Waals surface area contributed by atoms with E-state index in [1.165, 1.54) is 0 Å². The molecule has 0 saturated carbocycles. The molecule has 1 unspecified atom stereocenters. The lowest BCUT2D eigenvalue weighted by molar-refractivity contribution is -0.121. The summed E-state index contributed by atoms with van der Waals surface area (Å²) in [6.07, 6.45) is 0.533. The lowest BCUT2D eigenvalue weighted by Gasteiger charge is -2.17. The van der Waals surface area contributed by atoms with Crippen LogP contribution in [0.4, 0.5) is 0 Å². The van der Waals surface area contributed by atoms with Crippen molar-refractivity contribution < 1.29 is 14.7 Å². The van der Waals surface area contributed by atoms with Gasteiger partial charge in [0.05, 0.1) is 19.2 Å². The first kappa shape index (κ1) is 18.7. The molecule has 140 valence electrons. The number of aryl methyl sites for hydroxylation is 1. The molecule has 1 aromatic heterocycles. The maximum absolute atomic E-state index is 12.2. The molecule has 0 fully saturated rings. The van der Waals surface area contributed by atoms with E-state index in [1.54, 1.807) is 6.07 Å². The highest BCUT2D eigenvalue weighted by molar-refractivity contribution is 5.99. The Kier molecular flexibility index (Phi) is 5.88. The summed E-state index contributed by atoms with van der Waals surface area (Å²) in [4.78, 5) is 27.4. The zero-order valence-corrected chi connectivity index (χ0v) is 15.2. The number of hydrogen-bond acceptors (Lipinski definition) is 3. The molecule has 4 N–H and O–H groups in total. The summed E-state index contributed by atoms with van der Waals surface area (Å²) >= 11 is 0. The zero-order chi connectivity index (χ0) is 19.2. The SMILES string of the molecule is Cc1ccccc1CC(CO)NC(=O)CNC(=O)c1cc2ccccc2[nH]1. The van der Waals surface area contributed by atoms with E-state index < -0.39 is 6.04 Å². The van der Waals surface area contributed by atoms with Gasteiger partial charge in [-0.25, -0.2) is 0 Å². The van der Waals surface area contributed by atoms with Crippen molar-refractivity contribution in [2.45, 2.75) is 19.4 Å². The predicted molar refractivity (Wildman–Crippen MR) is 105 cm³/mol. The Bertz CT molecular complexity index is 916. The smallest absolute Gasteiger partial charge is 0.268 e. The molecule has 0 aliphatic heterocycles. The van der Waals surface area contributed by atoms with Crippen molar-refractivity contribution in [2.24, 2.45) is 0 Å². The highest BCUT2D eigenvalue weighted by Gasteiger charge is 2.15. The molecular weight excluding hydrogens is 342 g/mol. The topological polar surface area (TPSA) is 94.2 Å². The van der Waals surface area contributed by atoms with E-state index in [9.17, 15) is 14.7 Å². The first-order chi connectivity index (χ1) is 13.1. The van der Waals surface area contributed by atoms with Gasteiger partial charge in [0, 0.05) is 10.9 Å². The third kappa shape index (κ3) is 4.74. The second-order valence-corrected chi connectivity index (χ2v) is 6.53. The average Bonchev–Trinajstić information content (AvgIpc) is 3.11. The number of para-hydroxylation sites is 1. The molecule has 3 aromatic rings. The monoisotopic (exact) mass is 365 g/mol. The molecule has 0 saturated heterocycles. The number of benzene rings is 2. The molecule has 1 heterocycles. The van der Waals surface area contributed by atoms with Crippen LogP contribution in [0.3, 0.4) is 0 Å². The Hall–Kier alpha value is -3.12. The van der Waals surface area contributed by atoms with Gasteiger partial charge in [-0.3, -0.25) is 9.59 Å². The maximum Gasteiger partial charge on any atom is 0.268 e. The third-order valence-corrected chi connectivity index (χ3v) is 4.50. The largest absolute Gasteiger partial charge is 0.394 e. The number of hydrogen-bond donors (Lipinski definition) is 4. The van der Waals surface area contributed by atoms with E-state index in [-0.39, 0.29) is 25.0 Å². The highest BCUT2D eigenvalue weighted by atomic mass is 16.3. The van der Waals surface area contributed by atoms with Gasteiger partial charge >= 0.3 is 0 Å².